The molecule has 36 heavy (non-hydrogen) atoms. The Balaban J connectivity index is 2.30. The lowest BCUT2D eigenvalue weighted by Crippen LogP contribution is -2.52. The fourth-order valence-corrected chi connectivity index (χ4v) is 5.15. The van der Waals surface area contributed by atoms with E-state index in [9.17, 15) is 25.5 Å². The summed E-state index contributed by atoms with van der Waals surface area (Å²) in [6, 6.07) is 8.57. The normalized spacial score (nSPS) is 17.8. The molecule has 6 nitrogen and oxygen atoms in total. The van der Waals surface area contributed by atoms with Gasteiger partial charge in [-0.3, -0.25) is 0 Å². The van der Waals surface area contributed by atoms with Crippen molar-refractivity contribution in [3.8, 4) is 0 Å². The van der Waals surface area contributed by atoms with Gasteiger partial charge in [0.05, 0.1) is 12.7 Å². The van der Waals surface area contributed by atoms with Gasteiger partial charge < -0.3 is 30.6 Å². The van der Waals surface area contributed by atoms with Gasteiger partial charge in [0.15, 0.2) is 0 Å². The Bertz CT molecular complexity index is 957. The monoisotopic (exact) mass is 502 g/mol. The van der Waals surface area contributed by atoms with Crippen LogP contribution in [0, 0.1) is 53.4 Å². The average Bonchev–Trinajstić information content (AvgIpc) is 2.82. The minimum Gasteiger partial charge on any atom is -0.394 e. The van der Waals surface area contributed by atoms with E-state index in [1.807, 2.05) is 13.8 Å². The Labute approximate surface area is 216 Å². The molecule has 2 rings (SSSR count). The highest BCUT2D eigenvalue weighted by Crippen LogP contribution is 2.29. The predicted octanol–water partition coefficient (Wildman–Crippen LogP) is 2.76. The molecule has 202 valence electrons. The van der Waals surface area contributed by atoms with E-state index in [0.29, 0.717) is 12.8 Å². The van der Waals surface area contributed by atoms with Crippen LogP contribution in [-0.4, -0.2) is 67.8 Å². The summed E-state index contributed by atoms with van der Waals surface area (Å²) in [7, 11) is 0. The molecule has 6 heteroatoms. The molecule has 0 bridgehead atoms. The molecule has 0 amide bonds. The van der Waals surface area contributed by atoms with E-state index in [2.05, 4.69) is 58.9 Å². The third-order valence-electron chi connectivity index (χ3n) is 7.87. The minimum absolute atomic E-state index is 0.177. The first-order chi connectivity index (χ1) is 16.8. The summed E-state index contributed by atoms with van der Waals surface area (Å²) in [5, 5.41) is 61.3. The van der Waals surface area contributed by atoms with Crippen LogP contribution >= 0.6 is 0 Å². The number of aliphatic hydroxyl groups excluding tert-OH is 6. The predicted molar refractivity (Wildman–Crippen MR) is 143 cm³/mol. The number of aryl methyl sites for hydroxylation is 4. The number of hydrogen-bond donors (Lipinski definition) is 6. The first kappa shape index (κ1) is 30.4. The Morgan fingerprint density at radius 2 is 0.972 bits per heavy atom. The molecule has 0 aliphatic rings. The van der Waals surface area contributed by atoms with Crippen LogP contribution < -0.4 is 0 Å². The third kappa shape index (κ3) is 7.60. The van der Waals surface area contributed by atoms with E-state index >= 15 is 0 Å². The fraction of sp³-hybridized carbons (Fsp3) is 0.600. The van der Waals surface area contributed by atoms with Crippen molar-refractivity contribution in [3.63, 3.8) is 0 Å². The maximum Gasteiger partial charge on any atom is 0.111 e. The molecule has 0 radical (unpaired) electrons. The second kappa shape index (κ2) is 13.1. The molecular weight excluding hydrogens is 456 g/mol. The maximum atomic E-state index is 11.2. The van der Waals surface area contributed by atoms with Crippen molar-refractivity contribution in [1.82, 2.24) is 0 Å². The minimum atomic E-state index is -1.80. The van der Waals surface area contributed by atoms with Crippen molar-refractivity contribution in [3.05, 3.63) is 68.8 Å². The lowest BCUT2D eigenvalue weighted by atomic mass is 9.80. The van der Waals surface area contributed by atoms with Crippen LogP contribution in [0.2, 0.25) is 0 Å². The highest BCUT2D eigenvalue weighted by Gasteiger charge is 2.37. The summed E-state index contributed by atoms with van der Waals surface area (Å²) in [6.07, 6.45) is -6.34. The Hall–Kier alpha value is -1.80. The van der Waals surface area contributed by atoms with Crippen molar-refractivity contribution < 1.29 is 30.6 Å². The molecular formula is C30H46O6. The van der Waals surface area contributed by atoms with Crippen LogP contribution in [0.5, 0.6) is 0 Å². The molecule has 0 aliphatic heterocycles. The summed E-state index contributed by atoms with van der Waals surface area (Å²) in [5.74, 6) is -0.228. The largest absolute Gasteiger partial charge is 0.394 e. The molecule has 7 atom stereocenters. The van der Waals surface area contributed by atoms with Crippen molar-refractivity contribution in [1.29, 1.82) is 0 Å². The van der Waals surface area contributed by atoms with Crippen LogP contribution in [0.3, 0.4) is 0 Å². The fourth-order valence-electron chi connectivity index (χ4n) is 5.15. The smallest absolute Gasteiger partial charge is 0.111 e. The summed E-state index contributed by atoms with van der Waals surface area (Å²) in [6.45, 7) is 13.8. The highest BCUT2D eigenvalue weighted by molar-refractivity contribution is 5.38. The van der Waals surface area contributed by atoms with Gasteiger partial charge in [-0.15, -0.1) is 0 Å². The van der Waals surface area contributed by atoms with Gasteiger partial charge in [-0.25, -0.2) is 0 Å². The maximum absolute atomic E-state index is 11.2. The third-order valence-corrected chi connectivity index (χ3v) is 7.87. The van der Waals surface area contributed by atoms with E-state index in [4.69, 9.17) is 5.11 Å². The first-order valence-corrected chi connectivity index (χ1v) is 12.9. The number of aliphatic hydroxyl groups is 6. The Kier molecular flexibility index (Phi) is 11.1. The molecule has 0 spiro atoms. The second-order valence-corrected chi connectivity index (χ2v) is 10.9. The lowest BCUT2D eigenvalue weighted by Gasteiger charge is -2.34. The van der Waals surface area contributed by atoms with Crippen LogP contribution in [0.4, 0.5) is 0 Å². The summed E-state index contributed by atoms with van der Waals surface area (Å²) >= 11 is 0. The number of rotatable bonds is 12. The number of hydrogen-bond acceptors (Lipinski definition) is 6. The lowest BCUT2D eigenvalue weighted by molar-refractivity contribution is -0.149. The zero-order valence-corrected chi connectivity index (χ0v) is 22.9. The SMILES string of the molecule is Cc1cc(CC(C)CC(Cc2cc(C)c(C)c(C)c2)C(O)[C@@H](O)[C@@H](O)[C@H](O)[C@@H](O)CO)cc(C)c1C. The van der Waals surface area contributed by atoms with E-state index in [1.165, 1.54) is 27.8 Å². The second-order valence-electron chi connectivity index (χ2n) is 10.9. The van der Waals surface area contributed by atoms with Crippen molar-refractivity contribution in [2.45, 2.75) is 98.2 Å². The summed E-state index contributed by atoms with van der Waals surface area (Å²) in [5.41, 5.74) is 9.55. The van der Waals surface area contributed by atoms with Crippen molar-refractivity contribution >= 4 is 0 Å². The molecule has 0 saturated heterocycles. The van der Waals surface area contributed by atoms with Crippen LogP contribution in [0.25, 0.3) is 0 Å². The molecule has 0 fully saturated rings. The molecule has 6 N–H and O–H groups in total. The molecule has 0 aliphatic carbocycles. The van der Waals surface area contributed by atoms with Crippen molar-refractivity contribution in [2.75, 3.05) is 6.61 Å². The molecule has 2 aromatic carbocycles. The summed E-state index contributed by atoms with van der Waals surface area (Å²) < 4.78 is 0. The van der Waals surface area contributed by atoms with Gasteiger partial charge in [0.1, 0.15) is 24.4 Å². The molecule has 0 aromatic heterocycles. The zero-order chi connectivity index (χ0) is 27.3. The summed E-state index contributed by atoms with van der Waals surface area (Å²) in [4.78, 5) is 0. The van der Waals surface area contributed by atoms with Gasteiger partial charge in [-0.2, -0.15) is 0 Å². The molecule has 0 saturated carbocycles. The van der Waals surface area contributed by atoms with Gasteiger partial charge in [0, 0.05) is 0 Å². The van der Waals surface area contributed by atoms with E-state index in [1.54, 1.807) is 0 Å². The Morgan fingerprint density at radius 3 is 1.39 bits per heavy atom. The van der Waals surface area contributed by atoms with Gasteiger partial charge in [0.2, 0.25) is 0 Å². The first-order valence-electron chi connectivity index (χ1n) is 12.9. The standard InChI is InChI=1S/C30H46O6/c1-16(8-23-10-17(2)21(6)18(3)11-23)9-25(14-24-12-19(4)22(7)20(5)13-24)27(33)29(35)30(36)28(34)26(32)15-31/h10-13,16,25-36H,8-9,14-15H2,1-7H3/t16?,25?,26-,27?,28+,29+,30-/m0/s1. The van der Waals surface area contributed by atoms with Crippen molar-refractivity contribution in [2.24, 2.45) is 11.8 Å². The van der Waals surface area contributed by atoms with Gasteiger partial charge in [0.25, 0.3) is 0 Å². The number of benzene rings is 2. The topological polar surface area (TPSA) is 121 Å². The molecule has 0 heterocycles. The van der Waals surface area contributed by atoms with Crippen LogP contribution in [0.15, 0.2) is 24.3 Å². The van der Waals surface area contributed by atoms with Crippen LogP contribution in [0.1, 0.15) is 57.9 Å². The van der Waals surface area contributed by atoms with Crippen LogP contribution in [-0.2, 0) is 12.8 Å². The van der Waals surface area contributed by atoms with Gasteiger partial charge in [-0.1, -0.05) is 31.2 Å². The highest BCUT2D eigenvalue weighted by atomic mass is 16.4. The van der Waals surface area contributed by atoms with E-state index in [-0.39, 0.29) is 5.92 Å². The van der Waals surface area contributed by atoms with E-state index in [0.717, 1.165) is 23.1 Å². The molecule has 3 unspecified atom stereocenters. The quantitative estimate of drug-likeness (QED) is 0.265. The van der Waals surface area contributed by atoms with E-state index < -0.39 is 43.0 Å². The average molecular weight is 503 g/mol. The zero-order valence-electron chi connectivity index (χ0n) is 22.9. The van der Waals surface area contributed by atoms with Gasteiger partial charge in [-0.05, 0) is 117 Å². The Morgan fingerprint density at radius 1 is 0.583 bits per heavy atom. The molecule has 2 aromatic rings. The van der Waals surface area contributed by atoms with Gasteiger partial charge >= 0.3 is 0 Å².